The first-order valence-corrected chi connectivity index (χ1v) is 5.56. The highest BCUT2D eigenvalue weighted by Crippen LogP contribution is 2.19. The number of hydrogen-bond donors (Lipinski definition) is 1. The molecule has 0 spiro atoms. The Balaban J connectivity index is 2.31. The number of benzene rings is 1. The second-order valence-corrected chi connectivity index (χ2v) is 3.72. The molecule has 2 rings (SSSR count). The van der Waals surface area contributed by atoms with Gasteiger partial charge in [0.15, 0.2) is 5.17 Å². The summed E-state index contributed by atoms with van der Waals surface area (Å²) in [7, 11) is 0. The average molecular weight is 192 g/mol. The van der Waals surface area contributed by atoms with Gasteiger partial charge in [-0.3, -0.25) is 4.99 Å². The molecule has 0 fully saturated rings. The molecule has 0 saturated heterocycles. The Morgan fingerprint density at radius 3 is 3.08 bits per heavy atom. The number of thioether (sulfide) groups is 1. The maximum absolute atomic E-state index is 4.42. The molecule has 1 N–H and O–H groups in total. The summed E-state index contributed by atoms with van der Waals surface area (Å²) in [4.78, 5) is 4.42. The van der Waals surface area contributed by atoms with E-state index in [1.165, 1.54) is 11.3 Å². The molecule has 1 aromatic rings. The van der Waals surface area contributed by atoms with Crippen LogP contribution in [0.15, 0.2) is 29.3 Å². The molecule has 0 radical (unpaired) electrons. The van der Waals surface area contributed by atoms with E-state index in [0.717, 1.165) is 18.1 Å². The number of aliphatic imine (C=N–C) groups is 1. The van der Waals surface area contributed by atoms with Gasteiger partial charge in [-0.15, -0.1) is 0 Å². The molecule has 1 aliphatic rings. The third-order valence-corrected chi connectivity index (χ3v) is 2.71. The third-order valence-electron chi connectivity index (χ3n) is 2.09. The van der Waals surface area contributed by atoms with Gasteiger partial charge in [0, 0.05) is 12.2 Å². The summed E-state index contributed by atoms with van der Waals surface area (Å²) in [6.07, 6.45) is 3.08. The van der Waals surface area contributed by atoms with Gasteiger partial charge in [0.2, 0.25) is 0 Å². The Hall–Kier alpha value is -0.960. The number of nitrogens with zero attached hydrogens (tertiary/aromatic N) is 1. The molecular formula is C10H12N2S. The number of anilines is 1. The van der Waals surface area contributed by atoms with Crippen molar-refractivity contribution in [2.45, 2.75) is 6.42 Å². The van der Waals surface area contributed by atoms with Crippen molar-refractivity contribution < 1.29 is 0 Å². The molecule has 0 atom stereocenters. The number of para-hydroxylation sites is 1. The Morgan fingerprint density at radius 1 is 1.38 bits per heavy atom. The van der Waals surface area contributed by atoms with Crippen LogP contribution >= 0.6 is 11.8 Å². The second-order valence-electron chi connectivity index (χ2n) is 2.92. The van der Waals surface area contributed by atoms with Crippen molar-refractivity contribution in [1.29, 1.82) is 0 Å². The molecule has 0 amide bonds. The minimum absolute atomic E-state index is 0.889. The van der Waals surface area contributed by atoms with Gasteiger partial charge in [0.05, 0.1) is 0 Å². The van der Waals surface area contributed by atoms with Crippen molar-refractivity contribution in [1.82, 2.24) is 0 Å². The van der Waals surface area contributed by atoms with Gasteiger partial charge in [-0.25, -0.2) is 0 Å². The highest BCUT2D eigenvalue weighted by molar-refractivity contribution is 8.13. The van der Waals surface area contributed by atoms with Crippen LogP contribution in [0, 0.1) is 0 Å². The predicted octanol–water partition coefficient (Wildman–Crippen LogP) is 2.37. The van der Waals surface area contributed by atoms with Crippen LogP contribution in [0.3, 0.4) is 0 Å². The van der Waals surface area contributed by atoms with Crippen LogP contribution in [0.4, 0.5) is 5.69 Å². The molecule has 13 heavy (non-hydrogen) atoms. The summed E-state index contributed by atoms with van der Waals surface area (Å²) < 4.78 is 0. The molecule has 1 aliphatic heterocycles. The minimum Gasteiger partial charge on any atom is -0.335 e. The van der Waals surface area contributed by atoms with Gasteiger partial charge in [-0.1, -0.05) is 30.0 Å². The van der Waals surface area contributed by atoms with Gasteiger partial charge in [-0.2, -0.15) is 0 Å². The third kappa shape index (κ3) is 1.86. The topological polar surface area (TPSA) is 24.4 Å². The molecule has 68 valence electrons. The Morgan fingerprint density at radius 2 is 2.23 bits per heavy atom. The van der Waals surface area contributed by atoms with E-state index >= 15 is 0 Å². The Labute approximate surface area is 82.5 Å². The van der Waals surface area contributed by atoms with Gasteiger partial charge in [0.1, 0.15) is 0 Å². The predicted molar refractivity (Wildman–Crippen MR) is 59.6 cm³/mol. The number of rotatable bonds is 0. The van der Waals surface area contributed by atoms with E-state index < -0.39 is 0 Å². The average Bonchev–Trinajstić information content (AvgIpc) is 2.38. The van der Waals surface area contributed by atoms with E-state index in [-0.39, 0.29) is 0 Å². The molecule has 0 aliphatic carbocycles. The number of amidine groups is 1. The van der Waals surface area contributed by atoms with Crippen molar-refractivity contribution in [3.63, 3.8) is 0 Å². The highest BCUT2D eigenvalue weighted by Gasteiger charge is 2.07. The summed E-state index contributed by atoms with van der Waals surface area (Å²) in [5.74, 6) is 0. The van der Waals surface area contributed by atoms with Crippen LogP contribution < -0.4 is 5.32 Å². The molecule has 3 heteroatoms. The number of fused-ring (bicyclic) bond motifs is 1. The highest BCUT2D eigenvalue weighted by atomic mass is 32.2. The lowest BCUT2D eigenvalue weighted by Crippen LogP contribution is -2.06. The molecule has 1 aromatic carbocycles. The van der Waals surface area contributed by atoms with Gasteiger partial charge >= 0.3 is 0 Å². The van der Waals surface area contributed by atoms with E-state index in [2.05, 4.69) is 34.6 Å². The second kappa shape index (κ2) is 3.83. The van der Waals surface area contributed by atoms with Crippen molar-refractivity contribution >= 4 is 22.6 Å². The van der Waals surface area contributed by atoms with Crippen molar-refractivity contribution in [3.8, 4) is 0 Å². The molecule has 2 nitrogen and oxygen atoms in total. The lowest BCUT2D eigenvalue weighted by Gasteiger charge is -2.07. The molecule has 0 unspecified atom stereocenters. The van der Waals surface area contributed by atoms with Crippen LogP contribution in [-0.2, 0) is 6.42 Å². The summed E-state index contributed by atoms with van der Waals surface area (Å²) in [6, 6.07) is 8.38. The molecule has 1 heterocycles. The quantitative estimate of drug-likeness (QED) is 0.682. The smallest absolute Gasteiger partial charge is 0.160 e. The van der Waals surface area contributed by atoms with Crippen molar-refractivity contribution in [2.24, 2.45) is 4.99 Å². The van der Waals surface area contributed by atoms with Gasteiger partial charge in [-0.05, 0) is 24.3 Å². The lowest BCUT2D eigenvalue weighted by molar-refractivity contribution is 0.984. The van der Waals surface area contributed by atoms with E-state index in [1.807, 2.05) is 6.26 Å². The van der Waals surface area contributed by atoms with Gasteiger partial charge < -0.3 is 5.32 Å². The Kier molecular flexibility index (Phi) is 2.54. The maximum atomic E-state index is 4.42. The van der Waals surface area contributed by atoms with E-state index in [1.54, 1.807) is 11.8 Å². The largest absolute Gasteiger partial charge is 0.335 e. The fraction of sp³-hybridized carbons (Fsp3) is 0.300. The maximum Gasteiger partial charge on any atom is 0.160 e. The molecular weight excluding hydrogens is 180 g/mol. The SMILES string of the molecule is CSC1=NCCc2ccccc2N1. The molecule has 0 saturated carbocycles. The summed E-state index contributed by atoms with van der Waals surface area (Å²) in [5, 5.41) is 4.34. The molecule has 0 aromatic heterocycles. The normalized spacial score (nSPS) is 15.3. The van der Waals surface area contributed by atoms with E-state index in [4.69, 9.17) is 0 Å². The van der Waals surface area contributed by atoms with Crippen LogP contribution in [0.2, 0.25) is 0 Å². The van der Waals surface area contributed by atoms with Crippen LogP contribution in [0.5, 0.6) is 0 Å². The summed E-state index contributed by atoms with van der Waals surface area (Å²) in [6.45, 7) is 0.889. The zero-order chi connectivity index (χ0) is 9.10. The molecule has 0 bridgehead atoms. The van der Waals surface area contributed by atoms with E-state index in [0.29, 0.717) is 0 Å². The zero-order valence-corrected chi connectivity index (χ0v) is 8.40. The first kappa shape index (κ1) is 8.63. The number of hydrogen-bond acceptors (Lipinski definition) is 3. The van der Waals surface area contributed by atoms with Crippen LogP contribution in [-0.4, -0.2) is 18.0 Å². The van der Waals surface area contributed by atoms with Gasteiger partial charge in [0.25, 0.3) is 0 Å². The Bertz CT molecular complexity index is 333. The van der Waals surface area contributed by atoms with Crippen molar-refractivity contribution in [2.75, 3.05) is 18.1 Å². The van der Waals surface area contributed by atoms with Crippen LogP contribution in [0.25, 0.3) is 0 Å². The number of nitrogens with one attached hydrogen (secondary N) is 1. The standard InChI is InChI=1S/C10H12N2S/c1-13-10-11-7-6-8-4-2-3-5-9(8)12-10/h2-5H,6-7H2,1H3,(H,11,12). The van der Waals surface area contributed by atoms with E-state index in [9.17, 15) is 0 Å². The summed E-state index contributed by atoms with van der Waals surface area (Å²) in [5.41, 5.74) is 2.56. The lowest BCUT2D eigenvalue weighted by atomic mass is 10.1. The monoisotopic (exact) mass is 192 g/mol. The first-order chi connectivity index (χ1) is 6.40. The fourth-order valence-electron chi connectivity index (χ4n) is 1.41. The first-order valence-electron chi connectivity index (χ1n) is 4.33. The van der Waals surface area contributed by atoms with Crippen LogP contribution in [0.1, 0.15) is 5.56 Å². The fourth-order valence-corrected chi connectivity index (χ4v) is 1.84. The summed E-state index contributed by atoms with van der Waals surface area (Å²) >= 11 is 1.66. The minimum atomic E-state index is 0.889. The zero-order valence-electron chi connectivity index (χ0n) is 7.58. The van der Waals surface area contributed by atoms with Crippen molar-refractivity contribution in [3.05, 3.63) is 29.8 Å².